The lowest BCUT2D eigenvalue weighted by atomic mass is 9.84. The van der Waals surface area contributed by atoms with Crippen molar-refractivity contribution in [2.75, 3.05) is 13.2 Å². The molecule has 0 aromatic rings. The molecule has 4 N–H and O–H groups in total. The van der Waals surface area contributed by atoms with Gasteiger partial charge in [0.2, 0.25) is 0 Å². The van der Waals surface area contributed by atoms with E-state index < -0.39 is 0 Å². The molecule has 0 spiro atoms. The molecule has 3 heteroatoms. The summed E-state index contributed by atoms with van der Waals surface area (Å²) >= 11 is 0. The van der Waals surface area contributed by atoms with Gasteiger partial charge in [-0.2, -0.15) is 0 Å². The molecule has 2 rings (SSSR count). The maximum atomic E-state index is 9.46. The van der Waals surface area contributed by atoms with Crippen molar-refractivity contribution in [2.45, 2.75) is 64.5 Å². The van der Waals surface area contributed by atoms with Crippen molar-refractivity contribution in [1.29, 1.82) is 0 Å². The van der Waals surface area contributed by atoms with Gasteiger partial charge in [0.15, 0.2) is 0 Å². The van der Waals surface area contributed by atoms with Crippen LogP contribution in [0.4, 0.5) is 0 Å². The van der Waals surface area contributed by atoms with Crippen LogP contribution in [0.15, 0.2) is 0 Å². The van der Waals surface area contributed by atoms with E-state index >= 15 is 0 Å². The predicted molar refractivity (Wildman–Crippen MR) is 75.3 cm³/mol. The number of aliphatic hydroxyl groups is 1. The minimum atomic E-state index is 0.0892. The first-order valence-corrected chi connectivity index (χ1v) is 7.51. The van der Waals surface area contributed by atoms with E-state index in [9.17, 15) is 5.11 Å². The molecule has 0 bridgehead atoms. The second-order valence-electron chi connectivity index (χ2n) is 7.43. The Morgan fingerprint density at radius 2 is 2.06 bits per heavy atom. The van der Waals surface area contributed by atoms with Crippen LogP contribution in [0.25, 0.3) is 0 Å². The average molecular weight is 254 g/mol. The minimum absolute atomic E-state index is 0.0892. The minimum Gasteiger partial charge on any atom is -0.396 e. The van der Waals surface area contributed by atoms with Crippen molar-refractivity contribution in [3.8, 4) is 0 Å². The van der Waals surface area contributed by atoms with E-state index in [0.29, 0.717) is 36.4 Å². The van der Waals surface area contributed by atoms with Crippen LogP contribution in [0.5, 0.6) is 0 Å². The summed E-state index contributed by atoms with van der Waals surface area (Å²) in [4.78, 5) is 0. The van der Waals surface area contributed by atoms with Gasteiger partial charge in [0.1, 0.15) is 0 Å². The summed E-state index contributed by atoms with van der Waals surface area (Å²) in [6, 6.07) is 0.468. The largest absolute Gasteiger partial charge is 0.396 e. The van der Waals surface area contributed by atoms with Gasteiger partial charge in [0, 0.05) is 24.7 Å². The number of hydrogen-bond donors (Lipinski definition) is 3. The Balaban J connectivity index is 2.09. The molecule has 0 amide bonds. The number of nitrogens with one attached hydrogen (secondary N) is 1. The second kappa shape index (κ2) is 5.10. The van der Waals surface area contributed by atoms with Crippen molar-refractivity contribution in [1.82, 2.24) is 5.32 Å². The van der Waals surface area contributed by atoms with Gasteiger partial charge in [-0.15, -0.1) is 0 Å². The average Bonchev–Trinajstić information content (AvgIpc) is 2.82. The Hall–Kier alpha value is -0.120. The molecule has 0 aliphatic heterocycles. The third kappa shape index (κ3) is 2.59. The number of rotatable bonds is 4. The molecule has 18 heavy (non-hydrogen) atoms. The van der Waals surface area contributed by atoms with Gasteiger partial charge < -0.3 is 16.2 Å². The van der Waals surface area contributed by atoms with Crippen LogP contribution in [0.2, 0.25) is 0 Å². The van der Waals surface area contributed by atoms with E-state index in [2.05, 4.69) is 26.1 Å². The standard InChI is InChI=1S/C15H30N2O/c1-11-7-14(2,3)9-15(11,10-16)17-13-6-4-5-12(13)8-18/h11-13,17-18H,4-10,16H2,1-3H3. The molecule has 0 aromatic carbocycles. The highest BCUT2D eigenvalue weighted by Gasteiger charge is 2.49. The first-order valence-electron chi connectivity index (χ1n) is 7.51. The van der Waals surface area contributed by atoms with Gasteiger partial charge in [-0.25, -0.2) is 0 Å². The third-order valence-corrected chi connectivity index (χ3v) is 5.33. The molecule has 106 valence electrons. The van der Waals surface area contributed by atoms with Gasteiger partial charge in [-0.05, 0) is 42.9 Å². The van der Waals surface area contributed by atoms with E-state index in [1.54, 1.807) is 0 Å². The number of nitrogens with two attached hydrogens (primary N) is 1. The third-order valence-electron chi connectivity index (χ3n) is 5.33. The Labute approximate surface area is 112 Å². The molecule has 0 aromatic heterocycles. The van der Waals surface area contributed by atoms with Crippen LogP contribution in [0.1, 0.15) is 52.9 Å². The number of hydrogen-bond acceptors (Lipinski definition) is 3. The topological polar surface area (TPSA) is 58.3 Å². The monoisotopic (exact) mass is 254 g/mol. The summed E-state index contributed by atoms with van der Waals surface area (Å²) in [6.07, 6.45) is 5.99. The molecule has 0 heterocycles. The second-order valence-corrected chi connectivity index (χ2v) is 7.43. The molecule has 2 saturated carbocycles. The van der Waals surface area contributed by atoms with Gasteiger partial charge in [0.25, 0.3) is 0 Å². The van der Waals surface area contributed by atoms with E-state index in [1.807, 2.05) is 0 Å². The summed E-state index contributed by atoms with van der Waals surface area (Å²) in [5, 5.41) is 13.3. The fourth-order valence-corrected chi connectivity index (χ4v) is 4.46. The van der Waals surface area contributed by atoms with Crippen molar-refractivity contribution >= 4 is 0 Å². The summed E-state index contributed by atoms with van der Waals surface area (Å²) in [6.45, 7) is 8.06. The smallest absolute Gasteiger partial charge is 0.0474 e. The fraction of sp³-hybridized carbons (Fsp3) is 1.00. The molecular formula is C15H30N2O. The van der Waals surface area contributed by atoms with E-state index in [0.717, 1.165) is 12.8 Å². The molecule has 4 atom stereocenters. The van der Waals surface area contributed by atoms with Crippen LogP contribution in [0, 0.1) is 17.3 Å². The summed E-state index contributed by atoms with van der Waals surface area (Å²) in [5.74, 6) is 1.06. The molecule has 4 unspecified atom stereocenters. The molecule has 3 nitrogen and oxygen atoms in total. The van der Waals surface area contributed by atoms with Gasteiger partial charge in [-0.3, -0.25) is 0 Å². The van der Waals surface area contributed by atoms with Crippen molar-refractivity contribution in [3.63, 3.8) is 0 Å². The Kier molecular flexibility index (Phi) is 4.05. The van der Waals surface area contributed by atoms with E-state index in [-0.39, 0.29) is 5.54 Å². The Morgan fingerprint density at radius 3 is 2.56 bits per heavy atom. The van der Waals surface area contributed by atoms with E-state index in [4.69, 9.17) is 5.73 Å². The lowest BCUT2D eigenvalue weighted by Crippen LogP contribution is -2.58. The molecule has 0 saturated heterocycles. The van der Waals surface area contributed by atoms with Gasteiger partial charge in [-0.1, -0.05) is 27.2 Å². The quantitative estimate of drug-likeness (QED) is 0.718. The van der Waals surface area contributed by atoms with E-state index in [1.165, 1.54) is 19.3 Å². The van der Waals surface area contributed by atoms with Crippen LogP contribution in [-0.4, -0.2) is 29.8 Å². The molecule has 2 aliphatic rings. The van der Waals surface area contributed by atoms with Crippen LogP contribution >= 0.6 is 0 Å². The zero-order valence-corrected chi connectivity index (χ0v) is 12.2. The molecule has 2 aliphatic carbocycles. The lowest BCUT2D eigenvalue weighted by molar-refractivity contribution is 0.161. The highest BCUT2D eigenvalue weighted by Crippen LogP contribution is 2.47. The predicted octanol–water partition coefficient (Wildman–Crippen LogP) is 1.89. The highest BCUT2D eigenvalue weighted by atomic mass is 16.3. The van der Waals surface area contributed by atoms with Gasteiger partial charge in [0.05, 0.1) is 0 Å². The van der Waals surface area contributed by atoms with Gasteiger partial charge >= 0.3 is 0 Å². The van der Waals surface area contributed by atoms with Crippen molar-refractivity contribution in [3.05, 3.63) is 0 Å². The van der Waals surface area contributed by atoms with Crippen LogP contribution < -0.4 is 11.1 Å². The zero-order chi connectivity index (χ0) is 13.4. The fourth-order valence-electron chi connectivity index (χ4n) is 4.46. The Morgan fingerprint density at radius 1 is 1.33 bits per heavy atom. The molecular weight excluding hydrogens is 224 g/mol. The maximum Gasteiger partial charge on any atom is 0.0474 e. The number of aliphatic hydroxyl groups excluding tert-OH is 1. The van der Waals surface area contributed by atoms with Crippen molar-refractivity contribution < 1.29 is 5.11 Å². The lowest BCUT2D eigenvalue weighted by Gasteiger charge is -2.39. The van der Waals surface area contributed by atoms with Crippen LogP contribution in [0.3, 0.4) is 0 Å². The summed E-state index contributed by atoms with van der Waals surface area (Å²) in [7, 11) is 0. The summed E-state index contributed by atoms with van der Waals surface area (Å²) in [5.41, 5.74) is 6.60. The first-order chi connectivity index (χ1) is 8.42. The van der Waals surface area contributed by atoms with Crippen molar-refractivity contribution in [2.24, 2.45) is 23.0 Å². The highest BCUT2D eigenvalue weighted by molar-refractivity contribution is 5.07. The molecule has 2 fully saturated rings. The Bertz CT molecular complexity index is 292. The summed E-state index contributed by atoms with van der Waals surface area (Å²) < 4.78 is 0. The zero-order valence-electron chi connectivity index (χ0n) is 12.2. The molecule has 0 radical (unpaired) electrons. The maximum absolute atomic E-state index is 9.46. The normalized spacial score (nSPS) is 43.5. The first kappa shape index (κ1) is 14.3. The van der Waals surface area contributed by atoms with Crippen LogP contribution in [-0.2, 0) is 0 Å². The SMILES string of the molecule is CC1CC(C)(C)CC1(CN)NC1CCCC1CO.